The highest BCUT2D eigenvalue weighted by Crippen LogP contribution is 2.44. The van der Waals surface area contributed by atoms with E-state index in [2.05, 4.69) is 35.5 Å². The lowest BCUT2D eigenvalue weighted by Gasteiger charge is -2.31. The molecule has 4 rings (SSSR count). The van der Waals surface area contributed by atoms with Gasteiger partial charge < -0.3 is 20.1 Å². The molecule has 0 bridgehead atoms. The molecule has 1 fully saturated rings. The molecule has 0 spiro atoms. The Morgan fingerprint density at radius 3 is 2.32 bits per heavy atom. The van der Waals surface area contributed by atoms with E-state index in [0.29, 0.717) is 12.8 Å². The van der Waals surface area contributed by atoms with Crippen molar-refractivity contribution in [3.63, 3.8) is 0 Å². The maximum Gasteiger partial charge on any atom is 0.407 e. The van der Waals surface area contributed by atoms with Gasteiger partial charge in [0.25, 0.3) is 0 Å². The van der Waals surface area contributed by atoms with Gasteiger partial charge in [0, 0.05) is 17.9 Å². The van der Waals surface area contributed by atoms with Gasteiger partial charge in [-0.25, -0.2) is 4.79 Å². The summed E-state index contributed by atoms with van der Waals surface area (Å²) in [5.41, 5.74) is 4.62. The van der Waals surface area contributed by atoms with Crippen molar-refractivity contribution >= 4 is 18.0 Å². The third-order valence-electron chi connectivity index (χ3n) is 6.61. The summed E-state index contributed by atoms with van der Waals surface area (Å²) in [5, 5.41) is 12.0. The van der Waals surface area contributed by atoms with E-state index in [-0.39, 0.29) is 36.9 Å². The molecule has 0 aliphatic heterocycles. The van der Waals surface area contributed by atoms with Crippen molar-refractivity contribution in [2.24, 2.45) is 5.92 Å². The van der Waals surface area contributed by atoms with E-state index in [1.165, 1.54) is 16.0 Å². The lowest BCUT2D eigenvalue weighted by Crippen LogP contribution is -2.45. The first-order chi connectivity index (χ1) is 16.5. The predicted octanol–water partition coefficient (Wildman–Crippen LogP) is 3.63. The van der Waals surface area contributed by atoms with Crippen molar-refractivity contribution in [2.45, 2.75) is 37.6 Å². The Bertz CT molecular complexity index is 1080. The van der Waals surface area contributed by atoms with E-state index in [1.807, 2.05) is 24.3 Å². The quantitative estimate of drug-likeness (QED) is 0.615. The van der Waals surface area contributed by atoms with Crippen LogP contribution in [0.1, 0.15) is 42.7 Å². The van der Waals surface area contributed by atoms with Crippen molar-refractivity contribution < 1.29 is 24.2 Å². The van der Waals surface area contributed by atoms with E-state index >= 15 is 0 Å². The number of amides is 2. The molecule has 0 heterocycles. The number of ether oxygens (including phenoxy) is 1. The number of aliphatic carboxylic acids is 1. The van der Waals surface area contributed by atoms with Gasteiger partial charge in [-0.15, -0.1) is 6.42 Å². The van der Waals surface area contributed by atoms with Gasteiger partial charge in [0.1, 0.15) is 13.2 Å². The van der Waals surface area contributed by atoms with Crippen LogP contribution in [0, 0.1) is 18.3 Å². The number of benzene rings is 2. The van der Waals surface area contributed by atoms with Gasteiger partial charge in [-0.1, -0.05) is 60.9 Å². The molecule has 2 N–H and O–H groups in total. The molecular weight excluding hydrogens is 432 g/mol. The van der Waals surface area contributed by atoms with Crippen molar-refractivity contribution in [3.05, 3.63) is 59.7 Å². The molecule has 0 radical (unpaired) electrons. The Hall–Kier alpha value is -3.79. The molecule has 2 unspecified atom stereocenters. The Morgan fingerprint density at radius 1 is 1.06 bits per heavy atom. The van der Waals surface area contributed by atoms with E-state index in [0.717, 1.165) is 24.0 Å². The van der Waals surface area contributed by atoms with Gasteiger partial charge in [-0.3, -0.25) is 9.59 Å². The maximum absolute atomic E-state index is 12.8. The fourth-order valence-electron chi connectivity index (χ4n) is 5.10. The number of carbonyl (C=O) groups excluding carboxylic acids is 2. The summed E-state index contributed by atoms with van der Waals surface area (Å²) in [4.78, 5) is 37.7. The number of hydrogen-bond donors (Lipinski definition) is 2. The van der Waals surface area contributed by atoms with Crippen LogP contribution in [0.5, 0.6) is 0 Å². The number of nitrogens with one attached hydrogen (secondary N) is 1. The van der Waals surface area contributed by atoms with Crippen LogP contribution < -0.4 is 5.32 Å². The summed E-state index contributed by atoms with van der Waals surface area (Å²) in [6, 6.07) is 16.1. The van der Waals surface area contributed by atoms with Crippen LogP contribution in [0.3, 0.4) is 0 Å². The fraction of sp³-hybridized carbons (Fsp3) is 0.370. The molecule has 2 aromatic carbocycles. The molecule has 34 heavy (non-hydrogen) atoms. The van der Waals surface area contributed by atoms with Crippen molar-refractivity contribution in [3.8, 4) is 23.5 Å². The first-order valence-electron chi connectivity index (χ1n) is 11.5. The van der Waals surface area contributed by atoms with Crippen molar-refractivity contribution in [1.82, 2.24) is 10.2 Å². The van der Waals surface area contributed by atoms with Crippen molar-refractivity contribution in [2.75, 3.05) is 19.7 Å². The summed E-state index contributed by atoms with van der Waals surface area (Å²) < 4.78 is 5.63. The number of rotatable bonds is 7. The van der Waals surface area contributed by atoms with Gasteiger partial charge >= 0.3 is 12.1 Å². The molecule has 2 aliphatic rings. The number of carbonyl (C=O) groups is 3. The van der Waals surface area contributed by atoms with Gasteiger partial charge in [-0.2, -0.15) is 0 Å². The zero-order valence-corrected chi connectivity index (χ0v) is 18.9. The largest absolute Gasteiger partial charge is 0.480 e. The van der Waals surface area contributed by atoms with E-state index in [9.17, 15) is 14.4 Å². The molecular formula is C27H28N2O5. The number of hydrogen-bond acceptors (Lipinski definition) is 4. The summed E-state index contributed by atoms with van der Waals surface area (Å²) in [6.45, 7) is -0.250. The van der Waals surface area contributed by atoms with Crippen LogP contribution in [0.2, 0.25) is 0 Å². The average Bonchev–Trinajstić information content (AvgIpc) is 3.16. The first kappa shape index (κ1) is 23.4. The Labute approximate surface area is 199 Å². The molecule has 0 saturated heterocycles. The smallest absolute Gasteiger partial charge is 0.407 e. The summed E-state index contributed by atoms with van der Waals surface area (Å²) in [7, 11) is 0. The van der Waals surface area contributed by atoms with E-state index in [1.54, 1.807) is 0 Å². The molecule has 7 heteroatoms. The van der Waals surface area contributed by atoms with Gasteiger partial charge in [0.2, 0.25) is 5.91 Å². The fourth-order valence-corrected chi connectivity index (χ4v) is 5.10. The predicted molar refractivity (Wildman–Crippen MR) is 127 cm³/mol. The Balaban J connectivity index is 1.34. The Morgan fingerprint density at radius 2 is 1.71 bits per heavy atom. The molecule has 2 amide bonds. The number of alkyl carbamates (subject to hydrolysis) is 1. The SMILES string of the molecule is C#CCN(CC(=O)O)C(=O)C1CCCC(NC(=O)OCC2c3ccccc3-c3ccccc32)C1. The van der Waals surface area contributed by atoms with Crippen LogP contribution in [0.15, 0.2) is 48.5 Å². The number of terminal acetylenes is 1. The third kappa shape index (κ3) is 5.07. The first-order valence-corrected chi connectivity index (χ1v) is 11.5. The molecule has 176 valence electrons. The summed E-state index contributed by atoms with van der Waals surface area (Å²) >= 11 is 0. The molecule has 0 aromatic heterocycles. The lowest BCUT2D eigenvalue weighted by atomic mass is 9.85. The number of nitrogens with zero attached hydrogens (tertiary/aromatic N) is 1. The van der Waals surface area contributed by atoms with E-state index in [4.69, 9.17) is 16.3 Å². The average molecular weight is 461 g/mol. The summed E-state index contributed by atoms with van der Waals surface area (Å²) in [6.07, 6.45) is 7.36. The molecule has 2 atom stereocenters. The topological polar surface area (TPSA) is 95.9 Å². The van der Waals surface area contributed by atoms with Crippen LogP contribution in [-0.2, 0) is 14.3 Å². The van der Waals surface area contributed by atoms with Crippen LogP contribution in [0.4, 0.5) is 4.79 Å². The normalized spacial score (nSPS) is 18.8. The molecule has 2 aromatic rings. The van der Waals surface area contributed by atoms with Crippen LogP contribution in [0.25, 0.3) is 11.1 Å². The zero-order chi connectivity index (χ0) is 24.1. The number of carboxylic acid groups (broad SMARTS) is 1. The second kappa shape index (κ2) is 10.4. The van der Waals surface area contributed by atoms with Gasteiger partial charge in [0.05, 0.1) is 6.54 Å². The molecule has 7 nitrogen and oxygen atoms in total. The highest BCUT2D eigenvalue weighted by atomic mass is 16.5. The maximum atomic E-state index is 12.8. The molecule has 2 aliphatic carbocycles. The minimum atomic E-state index is -1.10. The minimum Gasteiger partial charge on any atom is -0.480 e. The zero-order valence-electron chi connectivity index (χ0n) is 18.9. The van der Waals surface area contributed by atoms with E-state index < -0.39 is 18.6 Å². The Kier molecular flexibility index (Phi) is 7.17. The lowest BCUT2D eigenvalue weighted by molar-refractivity contribution is -0.146. The van der Waals surface area contributed by atoms with Crippen LogP contribution >= 0.6 is 0 Å². The van der Waals surface area contributed by atoms with Gasteiger partial charge in [0.15, 0.2) is 0 Å². The third-order valence-corrected chi connectivity index (χ3v) is 6.61. The summed E-state index contributed by atoms with van der Waals surface area (Å²) in [5.74, 6) is 0.568. The second-order valence-corrected chi connectivity index (χ2v) is 8.82. The van der Waals surface area contributed by atoms with Gasteiger partial charge in [-0.05, 0) is 41.5 Å². The van der Waals surface area contributed by atoms with Crippen LogP contribution in [-0.4, -0.2) is 53.7 Å². The highest BCUT2D eigenvalue weighted by molar-refractivity contribution is 5.83. The number of carboxylic acids is 1. The molecule has 1 saturated carbocycles. The number of fused-ring (bicyclic) bond motifs is 3. The monoisotopic (exact) mass is 460 g/mol. The highest BCUT2D eigenvalue weighted by Gasteiger charge is 2.33. The van der Waals surface area contributed by atoms with Crippen molar-refractivity contribution in [1.29, 1.82) is 0 Å². The standard InChI is InChI=1S/C27H28N2O5/c1-2-14-29(16-25(30)31)26(32)18-8-7-9-19(15-18)28-27(33)34-17-24-22-12-5-3-10-20(22)21-11-4-6-13-23(21)24/h1,3-6,10-13,18-19,24H,7-9,14-17H2,(H,28,33)(H,30,31). The second-order valence-electron chi connectivity index (χ2n) is 8.82. The minimum absolute atomic E-state index is 0.0211.